The predicted molar refractivity (Wildman–Crippen MR) is 123 cm³/mol. The van der Waals surface area contributed by atoms with Crippen LogP contribution >= 0.6 is 11.3 Å². The molecular formula is C24H25F2NO6S. The fraction of sp³-hybridized carbons (Fsp3) is 0.375. The van der Waals surface area contributed by atoms with Crippen LogP contribution in [0.2, 0.25) is 0 Å². The van der Waals surface area contributed by atoms with Crippen LogP contribution in [0.5, 0.6) is 5.75 Å². The topological polar surface area (TPSA) is 90.9 Å². The van der Waals surface area contributed by atoms with Crippen molar-refractivity contribution in [2.75, 3.05) is 11.9 Å². The molecule has 0 radical (unpaired) electrons. The van der Waals surface area contributed by atoms with E-state index in [1.165, 1.54) is 48.6 Å². The number of hydrogen-bond donors (Lipinski definition) is 1. The van der Waals surface area contributed by atoms with E-state index in [4.69, 9.17) is 9.47 Å². The van der Waals surface area contributed by atoms with Gasteiger partial charge in [0, 0.05) is 11.0 Å². The molecule has 1 atom stereocenters. The Labute approximate surface area is 199 Å². The van der Waals surface area contributed by atoms with Crippen LogP contribution in [0.25, 0.3) is 6.08 Å². The number of benzene rings is 1. The highest BCUT2D eigenvalue weighted by Gasteiger charge is 2.28. The van der Waals surface area contributed by atoms with Crippen molar-refractivity contribution in [3.05, 3.63) is 51.9 Å². The number of esters is 2. The van der Waals surface area contributed by atoms with Crippen LogP contribution in [0, 0.1) is 0 Å². The summed E-state index contributed by atoms with van der Waals surface area (Å²) in [4.78, 5) is 38.4. The number of alkyl halides is 2. The first kappa shape index (κ1) is 25.4. The number of halogens is 2. The van der Waals surface area contributed by atoms with Gasteiger partial charge in [-0.3, -0.25) is 4.79 Å². The Balaban J connectivity index is 1.61. The highest BCUT2D eigenvalue weighted by Crippen LogP contribution is 2.38. The van der Waals surface area contributed by atoms with E-state index in [2.05, 4.69) is 10.1 Å². The molecule has 1 N–H and O–H groups in total. The number of carbonyl (C=O) groups is 3. The molecule has 1 aliphatic rings. The first-order valence-electron chi connectivity index (χ1n) is 10.8. The predicted octanol–water partition coefficient (Wildman–Crippen LogP) is 4.99. The Morgan fingerprint density at radius 1 is 1.15 bits per heavy atom. The zero-order valence-corrected chi connectivity index (χ0v) is 19.6. The van der Waals surface area contributed by atoms with Gasteiger partial charge in [-0.2, -0.15) is 8.78 Å². The standard InChI is InChI=1S/C24H25F2NO6S/c1-3-31-23(30)20-17-6-4-5-7-18(17)34-22(20)27-21(29)14(2)32-19(28)13-10-15-8-11-16(12-9-15)33-24(25)26/h8-14,24H,3-7H2,1-2H3,(H,27,29)/b13-10+/t14-/m1/s1. The summed E-state index contributed by atoms with van der Waals surface area (Å²) in [7, 11) is 0. The molecule has 182 valence electrons. The van der Waals surface area contributed by atoms with Crippen LogP contribution in [0.4, 0.5) is 13.8 Å². The fourth-order valence-electron chi connectivity index (χ4n) is 3.48. The lowest BCUT2D eigenvalue weighted by Crippen LogP contribution is -2.29. The van der Waals surface area contributed by atoms with Crippen molar-refractivity contribution in [1.82, 2.24) is 0 Å². The van der Waals surface area contributed by atoms with Crippen molar-refractivity contribution >= 4 is 40.3 Å². The zero-order valence-electron chi connectivity index (χ0n) is 18.8. The average Bonchev–Trinajstić information content (AvgIpc) is 3.16. The molecule has 0 unspecified atom stereocenters. The van der Waals surface area contributed by atoms with Gasteiger partial charge < -0.3 is 19.5 Å². The Bertz CT molecular complexity index is 1060. The highest BCUT2D eigenvalue weighted by molar-refractivity contribution is 7.17. The van der Waals surface area contributed by atoms with E-state index in [1.54, 1.807) is 6.92 Å². The molecule has 10 heteroatoms. The Hall–Kier alpha value is -3.27. The number of ether oxygens (including phenoxy) is 3. The summed E-state index contributed by atoms with van der Waals surface area (Å²) in [6, 6.07) is 5.67. The van der Waals surface area contributed by atoms with Crippen molar-refractivity contribution in [3.8, 4) is 5.75 Å². The van der Waals surface area contributed by atoms with E-state index >= 15 is 0 Å². The molecule has 0 spiro atoms. The Morgan fingerprint density at radius 3 is 2.53 bits per heavy atom. The van der Waals surface area contributed by atoms with Gasteiger partial charge in [0.05, 0.1) is 12.2 Å². The highest BCUT2D eigenvalue weighted by atomic mass is 32.1. The minimum absolute atomic E-state index is 0.00235. The van der Waals surface area contributed by atoms with Crippen molar-refractivity contribution in [3.63, 3.8) is 0 Å². The van der Waals surface area contributed by atoms with Gasteiger partial charge in [0.15, 0.2) is 6.10 Å². The van der Waals surface area contributed by atoms with Crippen molar-refractivity contribution in [2.24, 2.45) is 0 Å². The van der Waals surface area contributed by atoms with E-state index in [0.717, 1.165) is 42.2 Å². The number of anilines is 1. The first-order valence-corrected chi connectivity index (χ1v) is 11.7. The molecule has 2 aromatic rings. The summed E-state index contributed by atoms with van der Waals surface area (Å²) < 4.78 is 39.0. The fourth-order valence-corrected chi connectivity index (χ4v) is 4.76. The molecule has 0 bridgehead atoms. The summed E-state index contributed by atoms with van der Waals surface area (Å²) >= 11 is 1.35. The van der Waals surface area contributed by atoms with Crippen molar-refractivity contribution < 1.29 is 37.4 Å². The summed E-state index contributed by atoms with van der Waals surface area (Å²) in [6.07, 6.45) is 5.00. The summed E-state index contributed by atoms with van der Waals surface area (Å²) in [5.74, 6) is -1.81. The molecule has 1 amide bonds. The van der Waals surface area contributed by atoms with Gasteiger partial charge in [-0.1, -0.05) is 12.1 Å². The lowest BCUT2D eigenvalue weighted by atomic mass is 9.95. The third-order valence-electron chi connectivity index (χ3n) is 5.07. The molecule has 0 saturated carbocycles. The maximum atomic E-state index is 12.7. The molecule has 1 aromatic heterocycles. The average molecular weight is 494 g/mol. The molecule has 1 aromatic carbocycles. The minimum Gasteiger partial charge on any atom is -0.462 e. The number of carbonyl (C=O) groups excluding carboxylic acids is 3. The van der Waals surface area contributed by atoms with Crippen molar-refractivity contribution in [1.29, 1.82) is 0 Å². The van der Waals surface area contributed by atoms with Gasteiger partial charge in [0.2, 0.25) is 0 Å². The quantitative estimate of drug-likeness (QED) is 0.391. The lowest BCUT2D eigenvalue weighted by molar-refractivity contribution is -0.148. The molecule has 34 heavy (non-hydrogen) atoms. The minimum atomic E-state index is -2.92. The van der Waals surface area contributed by atoms with Crippen LogP contribution in [0.3, 0.4) is 0 Å². The van der Waals surface area contributed by atoms with Crippen LogP contribution < -0.4 is 10.1 Å². The van der Waals surface area contributed by atoms with Gasteiger partial charge in [0.25, 0.3) is 5.91 Å². The van der Waals surface area contributed by atoms with E-state index in [0.29, 0.717) is 16.1 Å². The van der Waals surface area contributed by atoms with E-state index < -0.39 is 30.6 Å². The lowest BCUT2D eigenvalue weighted by Gasteiger charge is -2.13. The smallest absolute Gasteiger partial charge is 0.387 e. The zero-order chi connectivity index (χ0) is 24.7. The van der Waals surface area contributed by atoms with Gasteiger partial charge in [-0.15, -0.1) is 11.3 Å². The van der Waals surface area contributed by atoms with Crippen LogP contribution in [-0.2, 0) is 31.9 Å². The van der Waals surface area contributed by atoms with E-state index in [1.807, 2.05) is 0 Å². The number of fused-ring (bicyclic) bond motifs is 1. The second-order valence-electron chi connectivity index (χ2n) is 7.48. The van der Waals surface area contributed by atoms with Crippen LogP contribution in [0.1, 0.15) is 53.1 Å². The first-order chi connectivity index (χ1) is 16.3. The SMILES string of the molecule is CCOC(=O)c1c(NC(=O)[C@@H](C)OC(=O)/C=C/c2ccc(OC(F)F)cc2)sc2c1CCCC2. The Morgan fingerprint density at radius 2 is 1.85 bits per heavy atom. The Kier molecular flexibility index (Phi) is 8.75. The normalized spacial score (nSPS) is 13.9. The largest absolute Gasteiger partial charge is 0.462 e. The molecule has 3 rings (SSSR count). The molecule has 1 aliphatic carbocycles. The molecule has 0 saturated heterocycles. The molecule has 0 fully saturated rings. The maximum Gasteiger partial charge on any atom is 0.387 e. The number of amides is 1. The van der Waals surface area contributed by atoms with E-state index in [-0.39, 0.29) is 12.4 Å². The van der Waals surface area contributed by atoms with Gasteiger partial charge >= 0.3 is 18.6 Å². The number of rotatable bonds is 9. The van der Waals surface area contributed by atoms with Gasteiger partial charge in [0.1, 0.15) is 10.8 Å². The monoisotopic (exact) mass is 493 g/mol. The third kappa shape index (κ3) is 6.63. The van der Waals surface area contributed by atoms with Crippen LogP contribution in [0.15, 0.2) is 30.3 Å². The number of aryl methyl sites for hydroxylation is 1. The van der Waals surface area contributed by atoms with Crippen LogP contribution in [-0.4, -0.2) is 37.2 Å². The second kappa shape index (κ2) is 11.7. The molecule has 7 nitrogen and oxygen atoms in total. The summed E-state index contributed by atoms with van der Waals surface area (Å²) in [5, 5.41) is 3.11. The second-order valence-corrected chi connectivity index (χ2v) is 8.59. The number of thiophene rings is 1. The molecule has 0 aliphatic heterocycles. The molecule has 1 heterocycles. The summed E-state index contributed by atoms with van der Waals surface area (Å²) in [5.41, 5.74) is 1.86. The van der Waals surface area contributed by atoms with Gasteiger partial charge in [-0.05, 0) is 68.9 Å². The van der Waals surface area contributed by atoms with Crippen molar-refractivity contribution in [2.45, 2.75) is 52.2 Å². The van der Waals surface area contributed by atoms with E-state index in [9.17, 15) is 23.2 Å². The van der Waals surface area contributed by atoms with Gasteiger partial charge in [-0.25, -0.2) is 9.59 Å². The third-order valence-corrected chi connectivity index (χ3v) is 6.27. The number of hydrogen-bond acceptors (Lipinski definition) is 7. The number of nitrogens with one attached hydrogen (secondary N) is 1. The molecular weight excluding hydrogens is 468 g/mol. The maximum absolute atomic E-state index is 12.7. The summed E-state index contributed by atoms with van der Waals surface area (Å²) in [6.45, 7) is 0.445.